The second-order valence-electron chi connectivity index (χ2n) is 4.08. The molecule has 0 bridgehead atoms. The summed E-state index contributed by atoms with van der Waals surface area (Å²) in [6.07, 6.45) is 1.49. The van der Waals surface area contributed by atoms with Crippen LogP contribution in [-0.4, -0.2) is 29.0 Å². The van der Waals surface area contributed by atoms with Gasteiger partial charge in [-0.2, -0.15) is 0 Å². The Bertz CT molecular complexity index is 654. The van der Waals surface area contributed by atoms with Gasteiger partial charge in [0.15, 0.2) is 12.2 Å². The van der Waals surface area contributed by atoms with E-state index in [1.165, 1.54) is 13.3 Å². The Balaban J connectivity index is 0.00000242. The van der Waals surface area contributed by atoms with Crippen molar-refractivity contribution in [3.05, 3.63) is 59.5 Å². The van der Waals surface area contributed by atoms with Gasteiger partial charge in [-0.15, -0.1) is 0 Å². The van der Waals surface area contributed by atoms with Gasteiger partial charge < -0.3 is 31.2 Å². The van der Waals surface area contributed by atoms with E-state index in [0.717, 1.165) is 5.69 Å². The third-order valence-corrected chi connectivity index (χ3v) is 2.86. The monoisotopic (exact) mass is 377 g/mol. The second-order valence-corrected chi connectivity index (χ2v) is 4.51. The molecule has 0 spiro atoms. The summed E-state index contributed by atoms with van der Waals surface area (Å²) in [5, 5.41) is 15.2. The van der Waals surface area contributed by atoms with Gasteiger partial charge in [-0.05, 0) is 24.3 Å². The molecule has 6 nitrogen and oxygen atoms in total. The van der Waals surface area contributed by atoms with Gasteiger partial charge in [0, 0.05) is 11.9 Å². The Morgan fingerprint density at radius 2 is 1.91 bits per heavy atom. The first-order valence-corrected chi connectivity index (χ1v) is 6.66. The van der Waals surface area contributed by atoms with E-state index in [1.807, 2.05) is 30.3 Å². The molecule has 0 aliphatic carbocycles. The molecule has 0 saturated carbocycles. The van der Waals surface area contributed by atoms with Crippen molar-refractivity contribution < 1.29 is 31.8 Å². The van der Waals surface area contributed by atoms with E-state index < -0.39 is 0 Å². The van der Waals surface area contributed by atoms with Gasteiger partial charge >= 0.3 is 22.2 Å². The molecule has 2 rings (SSSR count). The minimum atomic E-state index is 0. The summed E-state index contributed by atoms with van der Waals surface area (Å²) < 4.78 is 5.08. The van der Waals surface area contributed by atoms with E-state index in [2.05, 4.69) is 28.1 Å². The van der Waals surface area contributed by atoms with Crippen LogP contribution < -0.4 is 10.1 Å². The number of nitrogens with one attached hydrogen (secondary N) is 1. The smallest absolute Gasteiger partial charge is 0.870 e. The maximum atomic E-state index is 7.91. The molecule has 0 aromatic heterocycles. The average molecular weight is 378 g/mol. The van der Waals surface area contributed by atoms with E-state index in [-0.39, 0.29) is 27.7 Å². The molecular formula is C15H17N3NiO3S+2. The van der Waals surface area contributed by atoms with Crippen molar-refractivity contribution in [2.45, 2.75) is 0 Å². The van der Waals surface area contributed by atoms with E-state index in [4.69, 9.17) is 9.84 Å². The van der Waals surface area contributed by atoms with Gasteiger partial charge in [0.2, 0.25) is 10.9 Å². The van der Waals surface area contributed by atoms with Crippen LogP contribution in [-0.2, 0) is 28.7 Å². The van der Waals surface area contributed by atoms with Crippen molar-refractivity contribution >= 4 is 29.2 Å². The topological polar surface area (TPSA) is 101 Å². The van der Waals surface area contributed by atoms with Crippen molar-refractivity contribution in [3.8, 4) is 11.5 Å². The Kier molecular flexibility index (Phi) is 9.57. The van der Waals surface area contributed by atoms with Crippen molar-refractivity contribution in [2.75, 3.05) is 12.4 Å². The predicted octanol–water partition coefficient (Wildman–Crippen LogP) is 2.14. The molecule has 124 valence electrons. The van der Waals surface area contributed by atoms with E-state index in [0.29, 0.717) is 16.4 Å². The molecular weight excluding hydrogens is 361 g/mol. The Morgan fingerprint density at radius 1 is 1.22 bits per heavy atom. The van der Waals surface area contributed by atoms with E-state index in [9.17, 15) is 0 Å². The van der Waals surface area contributed by atoms with Gasteiger partial charge in [0.1, 0.15) is 0 Å². The summed E-state index contributed by atoms with van der Waals surface area (Å²) in [6.45, 7) is 0. The SMILES string of the molecule is COc1cccc(C=N[N-]C(=[SH+])Nc2ccccc2)c1[OH2+].[Ni+2].[OH-]. The van der Waals surface area contributed by atoms with Crippen LogP contribution in [0.2, 0.25) is 0 Å². The molecule has 0 aliphatic rings. The number of anilines is 1. The van der Waals surface area contributed by atoms with E-state index >= 15 is 0 Å². The zero-order valence-electron chi connectivity index (χ0n) is 12.2. The van der Waals surface area contributed by atoms with Gasteiger partial charge in [0.05, 0.1) is 12.7 Å². The molecule has 0 fully saturated rings. The molecule has 0 unspecified atom stereocenters. The Morgan fingerprint density at radius 3 is 2.57 bits per heavy atom. The predicted molar refractivity (Wildman–Crippen MR) is 92.8 cm³/mol. The van der Waals surface area contributed by atoms with Crippen LogP contribution in [0, 0.1) is 0 Å². The van der Waals surface area contributed by atoms with Gasteiger partial charge in [0.25, 0.3) is 0 Å². The summed E-state index contributed by atoms with van der Waals surface area (Å²) in [5.41, 5.74) is 5.43. The number of hydrogen-bond donors (Lipinski definition) is 1. The van der Waals surface area contributed by atoms with Gasteiger partial charge in [-0.1, -0.05) is 24.3 Å². The fourth-order valence-electron chi connectivity index (χ4n) is 1.65. The number of rotatable bonds is 4. The summed E-state index contributed by atoms with van der Waals surface area (Å²) in [7, 11) is 1.53. The van der Waals surface area contributed by atoms with Crippen LogP contribution in [0.15, 0.2) is 53.6 Å². The quantitative estimate of drug-likeness (QED) is 0.220. The zero-order valence-corrected chi connectivity index (χ0v) is 14.1. The van der Waals surface area contributed by atoms with Crippen molar-refractivity contribution in [1.29, 1.82) is 0 Å². The fraction of sp³-hybridized carbons (Fsp3) is 0.0667. The van der Waals surface area contributed by atoms with Crippen LogP contribution >= 0.6 is 0 Å². The van der Waals surface area contributed by atoms with Crippen LogP contribution in [0.4, 0.5) is 5.69 Å². The number of hydrogen-bond acceptors (Lipinski definition) is 3. The van der Waals surface area contributed by atoms with Crippen LogP contribution in [0.3, 0.4) is 0 Å². The Labute approximate surface area is 149 Å². The van der Waals surface area contributed by atoms with Crippen molar-refractivity contribution in [1.82, 2.24) is 0 Å². The number of thiol groups is 1. The Hall–Kier alpha value is -2.15. The van der Waals surface area contributed by atoms with Crippen molar-refractivity contribution in [2.24, 2.45) is 5.10 Å². The molecule has 8 heteroatoms. The molecule has 2 aromatic rings. The maximum Gasteiger partial charge on any atom is 2.00 e. The van der Waals surface area contributed by atoms with Crippen molar-refractivity contribution in [3.63, 3.8) is 0 Å². The molecule has 0 saturated heterocycles. The molecule has 0 heterocycles. The summed E-state index contributed by atoms with van der Waals surface area (Å²) in [6, 6.07) is 14.9. The summed E-state index contributed by atoms with van der Waals surface area (Å²) in [5.74, 6) is 0.770. The first kappa shape index (κ1) is 20.9. The summed E-state index contributed by atoms with van der Waals surface area (Å²) in [4.78, 5) is 0. The number of para-hydroxylation sites is 2. The van der Waals surface area contributed by atoms with Gasteiger partial charge in [-0.3, -0.25) is 0 Å². The van der Waals surface area contributed by atoms with Gasteiger partial charge in [-0.25, -0.2) is 0 Å². The molecule has 2 aromatic carbocycles. The third-order valence-electron chi connectivity index (χ3n) is 2.66. The largest absolute Gasteiger partial charge is 2.00 e. The number of methoxy groups -OCH3 is 1. The second kappa shape index (κ2) is 10.6. The van der Waals surface area contributed by atoms with Crippen LogP contribution in [0.25, 0.3) is 5.43 Å². The zero-order chi connectivity index (χ0) is 15.1. The fourth-order valence-corrected chi connectivity index (χ4v) is 1.83. The average Bonchev–Trinajstić information content (AvgIpc) is 2.50. The first-order chi connectivity index (χ1) is 10.2. The number of benzene rings is 2. The molecule has 23 heavy (non-hydrogen) atoms. The normalized spacial score (nSPS) is 9.43. The van der Waals surface area contributed by atoms with Crippen LogP contribution in [0.5, 0.6) is 11.5 Å². The summed E-state index contributed by atoms with van der Waals surface area (Å²) >= 11 is 4.21. The van der Waals surface area contributed by atoms with E-state index in [1.54, 1.807) is 18.2 Å². The molecule has 0 atom stereocenters. The standard InChI is InChI=1S/C15H15N3O2S.Ni.H2O/c1-20-13-9-5-6-11(14(13)19)10-16-18-15(21)17-12-7-3-2-4-8-12;;/h2-10H,1H3,(H3,16,17,18,19,21);;1H2/q;+2;. The molecule has 0 amide bonds. The molecule has 0 radical (unpaired) electrons. The number of ether oxygens (including phenoxy) is 1. The number of nitrogens with zero attached hydrogens (tertiary/aromatic N) is 2. The third kappa shape index (κ3) is 6.24. The maximum absolute atomic E-state index is 7.91. The molecule has 0 aliphatic heterocycles. The minimum Gasteiger partial charge on any atom is -0.870 e. The first-order valence-electron chi connectivity index (χ1n) is 6.21. The molecule has 4 N–H and O–H groups in total. The van der Waals surface area contributed by atoms with Crippen LogP contribution in [0.1, 0.15) is 5.56 Å². The minimum absolute atomic E-state index is 0.